The van der Waals surface area contributed by atoms with Crippen molar-refractivity contribution >= 4 is 11.8 Å². The summed E-state index contributed by atoms with van der Waals surface area (Å²) in [6.45, 7) is 19.6. The summed E-state index contributed by atoms with van der Waals surface area (Å²) >= 11 is 0. The minimum absolute atomic E-state index is 0.00558. The van der Waals surface area contributed by atoms with Crippen molar-refractivity contribution in [3.8, 4) is 0 Å². The highest BCUT2D eigenvalue weighted by molar-refractivity contribution is 6.07. The van der Waals surface area contributed by atoms with E-state index in [1.54, 1.807) is 0 Å². The summed E-state index contributed by atoms with van der Waals surface area (Å²) in [7, 11) is 0. The lowest BCUT2D eigenvalue weighted by Gasteiger charge is -2.30. The highest BCUT2D eigenvalue weighted by atomic mass is 19.4. The number of rotatable bonds is 11. The van der Waals surface area contributed by atoms with Gasteiger partial charge in [0.25, 0.3) is 0 Å². The van der Waals surface area contributed by atoms with Crippen LogP contribution in [0.4, 0.5) is 39.9 Å². The Labute approximate surface area is 314 Å². The summed E-state index contributed by atoms with van der Waals surface area (Å²) in [5, 5.41) is 0. The second-order valence-electron chi connectivity index (χ2n) is 11.9. The molecule has 1 aromatic carbocycles. The van der Waals surface area contributed by atoms with Crippen molar-refractivity contribution in [1.82, 2.24) is 9.80 Å². The van der Waals surface area contributed by atoms with E-state index in [0.29, 0.717) is 31.1 Å². The molecule has 54 heavy (non-hydrogen) atoms. The molecule has 0 bridgehead atoms. The van der Waals surface area contributed by atoms with Gasteiger partial charge in [-0.05, 0) is 62.8 Å². The van der Waals surface area contributed by atoms with Crippen molar-refractivity contribution in [3.05, 3.63) is 106 Å². The Kier molecular flexibility index (Phi) is 19.7. The number of aliphatic imine (C=N–C) groups is 1. The van der Waals surface area contributed by atoms with Crippen LogP contribution < -0.4 is 5.73 Å². The predicted octanol–water partition coefficient (Wildman–Crippen LogP) is 11.8. The van der Waals surface area contributed by atoms with Crippen molar-refractivity contribution in [2.45, 2.75) is 99.2 Å². The molecule has 2 fully saturated rings. The molecule has 3 atom stereocenters. The van der Waals surface area contributed by atoms with E-state index in [2.05, 4.69) is 11.6 Å². The van der Waals surface area contributed by atoms with E-state index in [1.165, 1.54) is 13.0 Å². The summed E-state index contributed by atoms with van der Waals surface area (Å²) in [6, 6.07) is -0.0719. The van der Waals surface area contributed by atoms with E-state index < -0.39 is 65.5 Å². The maximum absolute atomic E-state index is 15.6. The lowest BCUT2D eigenvalue weighted by atomic mass is 9.91. The van der Waals surface area contributed by atoms with Gasteiger partial charge in [0.15, 0.2) is 0 Å². The number of hydrogen-bond acceptors (Lipinski definition) is 5. The van der Waals surface area contributed by atoms with Gasteiger partial charge in [-0.3, -0.25) is 14.8 Å². The summed E-state index contributed by atoms with van der Waals surface area (Å²) < 4.78 is 116. The van der Waals surface area contributed by atoms with Crippen molar-refractivity contribution in [2.24, 2.45) is 16.6 Å². The molecule has 1 aromatic rings. The number of alkyl halides is 6. The highest BCUT2D eigenvalue weighted by Gasteiger charge is 2.44. The van der Waals surface area contributed by atoms with Crippen molar-refractivity contribution in [3.63, 3.8) is 0 Å². The molecule has 302 valence electrons. The molecule has 1 amide bonds. The van der Waals surface area contributed by atoms with Gasteiger partial charge in [0.1, 0.15) is 17.8 Å². The fraction of sp³-hybridized carbons (Fsp3) is 0.500. The Morgan fingerprint density at radius 1 is 0.981 bits per heavy atom. The van der Waals surface area contributed by atoms with Crippen LogP contribution in [0.1, 0.15) is 97.4 Å². The molecule has 2 saturated heterocycles. The van der Waals surface area contributed by atoms with Gasteiger partial charge in [-0.25, -0.2) is 13.6 Å². The van der Waals surface area contributed by atoms with Crippen LogP contribution in [-0.4, -0.2) is 53.9 Å². The van der Waals surface area contributed by atoms with Gasteiger partial charge in [-0.15, -0.1) is 0 Å². The molecule has 2 aliphatic heterocycles. The number of halogens is 8. The number of nitrogens with two attached hydrogens (primary N) is 1. The molecule has 0 saturated carbocycles. The van der Waals surface area contributed by atoms with Crippen LogP contribution in [0.15, 0.2) is 94.7 Å². The van der Waals surface area contributed by atoms with E-state index in [1.807, 2.05) is 71.6 Å². The predicted molar refractivity (Wildman–Crippen MR) is 200 cm³/mol. The molecule has 0 spiro atoms. The fourth-order valence-corrected chi connectivity index (χ4v) is 5.50. The van der Waals surface area contributed by atoms with E-state index in [9.17, 15) is 35.5 Å². The summed E-state index contributed by atoms with van der Waals surface area (Å²) in [6.07, 6.45) is -1.76. The third kappa shape index (κ3) is 13.6. The first-order valence-electron chi connectivity index (χ1n) is 18.2. The van der Waals surface area contributed by atoms with Crippen LogP contribution in [-0.2, 0) is 17.1 Å². The van der Waals surface area contributed by atoms with Crippen LogP contribution in [0.3, 0.4) is 0 Å². The number of hydrogen-bond donors (Lipinski definition) is 1. The number of amides is 1. The van der Waals surface area contributed by atoms with Gasteiger partial charge >= 0.3 is 18.4 Å². The largest absolute Gasteiger partial charge is 0.439 e. The summed E-state index contributed by atoms with van der Waals surface area (Å²) in [5.41, 5.74) is 3.45. The Balaban J connectivity index is 0.00000231. The second kappa shape index (κ2) is 22.2. The molecule has 1 aliphatic carbocycles. The number of nitrogens with zero attached hydrogens (tertiary/aromatic N) is 3. The normalized spacial score (nSPS) is 21.0. The molecule has 4 rings (SSSR count). The average Bonchev–Trinajstić information content (AvgIpc) is 3.39. The SMILES string of the molecule is C=C(F)\C=C(F)/C(=C\CC1C=CC(C)=CC1)C(=C/N)/C(CN1C(=O)OC(c2cc(C(F)(F)F)cc(C(F)(F)F)c2)C1C)=N\CN1CCC1.CC.CC.CC. The molecular formula is C40H54F8N4O2. The van der Waals surface area contributed by atoms with Crippen LogP contribution >= 0.6 is 0 Å². The van der Waals surface area contributed by atoms with Crippen molar-refractivity contribution in [2.75, 3.05) is 26.3 Å². The number of allylic oxidation sites excluding steroid dienone is 9. The molecule has 0 aromatic heterocycles. The standard InChI is InChI=1S/C34H36F8N4O2.3C2H6/c1-20-5-7-23(8-6-20)9-10-27(29(36)13-21(2)35)28(17-43)30(44-19-45-11-4-12-45)18-46-22(3)31(48-32(46)47)24-14-25(33(37,38)39)16-26(15-24)34(40,41)42;3*1-2/h5-7,10,13-17,22-23,31H,2,4,8-9,11-12,18-19,43H2,1,3H3;3*1-2H3/b27-10-,28-17-,29-13+,44-30-;;;. The Hall–Kier alpha value is -4.20. The van der Waals surface area contributed by atoms with Crippen LogP contribution in [0.2, 0.25) is 0 Å². The second-order valence-corrected chi connectivity index (χ2v) is 11.9. The number of likely N-dealkylation sites (tertiary alicyclic amines) is 1. The third-order valence-corrected chi connectivity index (χ3v) is 8.37. The monoisotopic (exact) mass is 774 g/mol. The minimum atomic E-state index is -5.10. The Morgan fingerprint density at radius 2 is 1.56 bits per heavy atom. The van der Waals surface area contributed by atoms with E-state index in [4.69, 9.17) is 10.5 Å². The van der Waals surface area contributed by atoms with Crippen LogP contribution in [0, 0.1) is 5.92 Å². The molecule has 2 heterocycles. The number of ether oxygens (including phenoxy) is 1. The topological polar surface area (TPSA) is 71.2 Å². The third-order valence-electron chi connectivity index (χ3n) is 8.37. The van der Waals surface area contributed by atoms with Crippen molar-refractivity contribution in [1.29, 1.82) is 0 Å². The van der Waals surface area contributed by atoms with Gasteiger partial charge in [0.05, 0.1) is 36.1 Å². The zero-order valence-electron chi connectivity index (χ0n) is 32.3. The highest BCUT2D eigenvalue weighted by Crippen LogP contribution is 2.41. The molecule has 6 nitrogen and oxygen atoms in total. The van der Waals surface area contributed by atoms with E-state index in [0.717, 1.165) is 36.2 Å². The number of carbonyl (C=O) groups excluding carboxylic acids is 1. The fourth-order valence-electron chi connectivity index (χ4n) is 5.50. The summed E-state index contributed by atoms with van der Waals surface area (Å²) in [4.78, 5) is 20.8. The van der Waals surface area contributed by atoms with Gasteiger partial charge in [-0.2, -0.15) is 26.3 Å². The number of carbonyl (C=O) groups is 1. The average molecular weight is 775 g/mol. The van der Waals surface area contributed by atoms with Crippen LogP contribution in [0.25, 0.3) is 0 Å². The first-order valence-corrected chi connectivity index (χ1v) is 18.2. The summed E-state index contributed by atoms with van der Waals surface area (Å²) in [5.74, 6) is -2.08. The molecular weight excluding hydrogens is 720 g/mol. The van der Waals surface area contributed by atoms with E-state index >= 15 is 4.39 Å². The zero-order chi connectivity index (χ0) is 41.4. The van der Waals surface area contributed by atoms with Crippen LogP contribution in [0.5, 0.6) is 0 Å². The molecule has 2 N–H and O–H groups in total. The van der Waals surface area contributed by atoms with Crippen molar-refractivity contribution < 1.29 is 44.7 Å². The smallest absolute Gasteiger partial charge is 0.416 e. The first kappa shape index (κ1) is 47.8. The molecule has 3 unspecified atom stereocenters. The zero-order valence-corrected chi connectivity index (χ0v) is 32.3. The van der Waals surface area contributed by atoms with Gasteiger partial charge in [0.2, 0.25) is 0 Å². The van der Waals surface area contributed by atoms with Gasteiger partial charge in [0, 0.05) is 36.5 Å². The maximum atomic E-state index is 15.6. The minimum Gasteiger partial charge on any atom is -0.439 e. The van der Waals surface area contributed by atoms with Gasteiger partial charge in [-0.1, -0.05) is 78.0 Å². The first-order chi connectivity index (χ1) is 25.5. The molecule has 14 heteroatoms. The Morgan fingerprint density at radius 3 is 2.00 bits per heavy atom. The molecule has 0 radical (unpaired) electrons. The van der Waals surface area contributed by atoms with Gasteiger partial charge < -0.3 is 10.5 Å². The Bertz CT molecular complexity index is 1550. The maximum Gasteiger partial charge on any atom is 0.416 e. The quantitative estimate of drug-likeness (QED) is 0.138. The number of cyclic esters (lactones) is 1. The lowest BCUT2D eigenvalue weighted by molar-refractivity contribution is -0.143. The number of benzene rings is 1. The molecule has 3 aliphatic rings. The lowest BCUT2D eigenvalue weighted by Crippen LogP contribution is -2.40. The van der Waals surface area contributed by atoms with E-state index in [-0.39, 0.29) is 35.5 Å².